The van der Waals surface area contributed by atoms with E-state index in [1.54, 1.807) is 18.2 Å². The number of primary amides is 1. The first-order valence-corrected chi connectivity index (χ1v) is 6.12. The van der Waals surface area contributed by atoms with E-state index in [9.17, 15) is 4.79 Å². The van der Waals surface area contributed by atoms with Gasteiger partial charge >= 0.3 is 0 Å². The zero-order chi connectivity index (χ0) is 13.8. The number of nitrogen functional groups attached to an aromatic ring is 1. The molecule has 0 radical (unpaired) electrons. The fourth-order valence-corrected chi connectivity index (χ4v) is 1.93. The van der Waals surface area contributed by atoms with E-state index in [0.29, 0.717) is 28.5 Å². The van der Waals surface area contributed by atoms with Crippen molar-refractivity contribution < 1.29 is 4.79 Å². The van der Waals surface area contributed by atoms with Gasteiger partial charge in [-0.15, -0.1) is 0 Å². The molecule has 1 amide bonds. The van der Waals surface area contributed by atoms with E-state index in [-0.39, 0.29) is 0 Å². The SMILES string of the molecule is NC(=O)c1cc(Cl)ccc1NCc1ccccc1N. The highest BCUT2D eigenvalue weighted by Gasteiger charge is 2.09. The van der Waals surface area contributed by atoms with Crippen molar-refractivity contribution in [2.75, 3.05) is 11.1 Å². The molecule has 4 nitrogen and oxygen atoms in total. The molecule has 98 valence electrons. The van der Waals surface area contributed by atoms with Crippen LogP contribution in [-0.4, -0.2) is 5.91 Å². The fourth-order valence-electron chi connectivity index (χ4n) is 1.76. The first-order valence-electron chi connectivity index (χ1n) is 5.74. The molecule has 0 saturated carbocycles. The Bertz CT molecular complexity index is 613. The lowest BCUT2D eigenvalue weighted by atomic mass is 10.1. The Hall–Kier alpha value is -2.20. The number of carbonyl (C=O) groups is 1. The lowest BCUT2D eigenvalue weighted by molar-refractivity contribution is 0.100. The van der Waals surface area contributed by atoms with Crippen LogP contribution in [0.1, 0.15) is 15.9 Å². The highest BCUT2D eigenvalue weighted by Crippen LogP contribution is 2.21. The Morgan fingerprint density at radius 2 is 1.95 bits per heavy atom. The Balaban J connectivity index is 2.20. The third-order valence-electron chi connectivity index (χ3n) is 2.77. The Labute approximate surface area is 116 Å². The number of nitrogens with one attached hydrogen (secondary N) is 1. The normalized spacial score (nSPS) is 10.2. The highest BCUT2D eigenvalue weighted by molar-refractivity contribution is 6.31. The molecular formula is C14H14ClN3O. The van der Waals surface area contributed by atoms with Crippen molar-refractivity contribution >= 4 is 28.9 Å². The van der Waals surface area contributed by atoms with Gasteiger partial charge in [0.05, 0.1) is 5.56 Å². The van der Waals surface area contributed by atoms with Crippen molar-refractivity contribution in [3.05, 3.63) is 58.6 Å². The topological polar surface area (TPSA) is 81.1 Å². The van der Waals surface area contributed by atoms with Crippen LogP contribution in [0.4, 0.5) is 11.4 Å². The van der Waals surface area contributed by atoms with E-state index in [4.69, 9.17) is 23.1 Å². The number of halogens is 1. The average molecular weight is 276 g/mol. The molecule has 0 aromatic heterocycles. The van der Waals surface area contributed by atoms with Gasteiger partial charge in [0.1, 0.15) is 0 Å². The third-order valence-corrected chi connectivity index (χ3v) is 3.01. The first kappa shape index (κ1) is 13.2. The molecule has 0 aliphatic carbocycles. The predicted molar refractivity (Wildman–Crippen MR) is 78.2 cm³/mol. The zero-order valence-electron chi connectivity index (χ0n) is 10.2. The van der Waals surface area contributed by atoms with Crippen molar-refractivity contribution in [2.24, 2.45) is 5.73 Å². The monoisotopic (exact) mass is 275 g/mol. The molecule has 2 aromatic carbocycles. The molecule has 0 aliphatic rings. The van der Waals surface area contributed by atoms with Crippen LogP contribution >= 0.6 is 11.6 Å². The molecule has 2 aromatic rings. The standard InChI is InChI=1S/C14H14ClN3O/c15-10-5-6-13(11(7-10)14(17)19)18-8-9-3-1-2-4-12(9)16/h1-7,18H,8,16H2,(H2,17,19). The molecular weight excluding hydrogens is 262 g/mol. The minimum absolute atomic E-state index is 0.363. The molecule has 0 heterocycles. The summed E-state index contributed by atoms with van der Waals surface area (Å²) in [6, 6.07) is 12.5. The van der Waals surface area contributed by atoms with E-state index < -0.39 is 5.91 Å². The maximum absolute atomic E-state index is 11.4. The Morgan fingerprint density at radius 1 is 1.21 bits per heavy atom. The Kier molecular flexibility index (Phi) is 3.92. The number of benzene rings is 2. The fraction of sp³-hybridized carbons (Fsp3) is 0.0714. The molecule has 0 fully saturated rings. The summed E-state index contributed by atoms with van der Waals surface area (Å²) in [4.78, 5) is 11.4. The minimum Gasteiger partial charge on any atom is -0.398 e. The first-order chi connectivity index (χ1) is 9.08. The summed E-state index contributed by atoms with van der Waals surface area (Å²) in [7, 11) is 0. The molecule has 0 saturated heterocycles. The van der Waals surface area contributed by atoms with Crippen molar-refractivity contribution in [3.63, 3.8) is 0 Å². The smallest absolute Gasteiger partial charge is 0.250 e. The second-order valence-electron chi connectivity index (χ2n) is 4.11. The summed E-state index contributed by atoms with van der Waals surface area (Å²) in [6.45, 7) is 0.509. The molecule has 0 bridgehead atoms. The number of carbonyl (C=O) groups excluding carboxylic acids is 1. The van der Waals surface area contributed by atoms with Gasteiger partial charge in [-0.05, 0) is 29.8 Å². The molecule has 0 spiro atoms. The van der Waals surface area contributed by atoms with Gasteiger partial charge in [0.25, 0.3) is 5.91 Å². The Morgan fingerprint density at radius 3 is 2.63 bits per heavy atom. The summed E-state index contributed by atoms with van der Waals surface area (Å²) in [6.07, 6.45) is 0. The summed E-state index contributed by atoms with van der Waals surface area (Å²) in [5.74, 6) is -0.522. The van der Waals surface area contributed by atoms with Gasteiger partial charge in [-0.25, -0.2) is 0 Å². The van der Waals surface area contributed by atoms with Gasteiger partial charge in [-0.2, -0.15) is 0 Å². The van der Waals surface area contributed by atoms with E-state index in [1.165, 1.54) is 0 Å². The maximum atomic E-state index is 11.4. The molecule has 0 unspecified atom stereocenters. The van der Waals surface area contributed by atoms with Crippen LogP contribution in [0.3, 0.4) is 0 Å². The lowest BCUT2D eigenvalue weighted by Gasteiger charge is -2.11. The largest absolute Gasteiger partial charge is 0.398 e. The van der Waals surface area contributed by atoms with Crippen LogP contribution < -0.4 is 16.8 Å². The predicted octanol–water partition coefficient (Wildman–Crippen LogP) is 2.63. The van der Waals surface area contributed by atoms with Gasteiger partial charge in [0.15, 0.2) is 0 Å². The van der Waals surface area contributed by atoms with E-state index in [1.807, 2.05) is 24.3 Å². The number of nitrogens with two attached hydrogens (primary N) is 2. The van der Waals surface area contributed by atoms with Gasteiger partial charge in [-0.3, -0.25) is 4.79 Å². The van der Waals surface area contributed by atoms with Crippen LogP contribution in [0.15, 0.2) is 42.5 Å². The van der Waals surface area contributed by atoms with Crippen molar-refractivity contribution in [2.45, 2.75) is 6.54 Å². The minimum atomic E-state index is -0.522. The molecule has 5 N–H and O–H groups in total. The number of amides is 1. The zero-order valence-corrected chi connectivity index (χ0v) is 10.9. The quantitative estimate of drug-likeness (QED) is 0.750. The summed E-state index contributed by atoms with van der Waals surface area (Å²) in [5, 5.41) is 3.61. The van der Waals surface area contributed by atoms with Crippen molar-refractivity contribution in [1.29, 1.82) is 0 Å². The van der Waals surface area contributed by atoms with Gasteiger partial charge in [0.2, 0.25) is 0 Å². The summed E-state index contributed by atoms with van der Waals surface area (Å²) >= 11 is 5.85. The average Bonchev–Trinajstić information content (AvgIpc) is 2.38. The van der Waals surface area contributed by atoms with E-state index >= 15 is 0 Å². The van der Waals surface area contributed by atoms with E-state index in [2.05, 4.69) is 5.32 Å². The third kappa shape index (κ3) is 3.17. The number of anilines is 2. The van der Waals surface area contributed by atoms with Crippen LogP contribution in [0.25, 0.3) is 0 Å². The summed E-state index contributed by atoms with van der Waals surface area (Å²) < 4.78 is 0. The number of para-hydroxylation sites is 1. The number of rotatable bonds is 4. The second-order valence-corrected chi connectivity index (χ2v) is 4.54. The maximum Gasteiger partial charge on any atom is 0.250 e. The lowest BCUT2D eigenvalue weighted by Crippen LogP contribution is -2.14. The van der Waals surface area contributed by atoms with E-state index in [0.717, 1.165) is 5.56 Å². The van der Waals surface area contributed by atoms with Gasteiger partial charge in [-0.1, -0.05) is 29.8 Å². The van der Waals surface area contributed by atoms with Crippen LogP contribution in [-0.2, 0) is 6.54 Å². The van der Waals surface area contributed by atoms with Crippen LogP contribution in [0, 0.1) is 0 Å². The highest BCUT2D eigenvalue weighted by atomic mass is 35.5. The second kappa shape index (κ2) is 5.63. The van der Waals surface area contributed by atoms with Crippen molar-refractivity contribution in [3.8, 4) is 0 Å². The van der Waals surface area contributed by atoms with Gasteiger partial charge in [0, 0.05) is 22.9 Å². The van der Waals surface area contributed by atoms with Crippen LogP contribution in [0.5, 0.6) is 0 Å². The molecule has 0 atom stereocenters. The molecule has 0 aliphatic heterocycles. The van der Waals surface area contributed by atoms with Crippen LogP contribution in [0.2, 0.25) is 5.02 Å². The van der Waals surface area contributed by atoms with Gasteiger partial charge < -0.3 is 16.8 Å². The molecule has 2 rings (SSSR count). The number of hydrogen-bond donors (Lipinski definition) is 3. The summed E-state index contributed by atoms with van der Waals surface area (Å²) in [5.41, 5.74) is 13.8. The number of hydrogen-bond acceptors (Lipinski definition) is 3. The molecule has 19 heavy (non-hydrogen) atoms. The van der Waals surface area contributed by atoms with Crippen molar-refractivity contribution in [1.82, 2.24) is 0 Å². The molecule has 5 heteroatoms.